The molecule has 5 aromatic rings. The summed E-state index contributed by atoms with van der Waals surface area (Å²) in [6.45, 7) is 0.701. The second kappa shape index (κ2) is 12.4. The quantitative estimate of drug-likeness (QED) is 0.229. The van der Waals surface area contributed by atoms with E-state index in [9.17, 15) is 4.79 Å². The Morgan fingerprint density at radius 2 is 1.88 bits per heavy atom. The van der Waals surface area contributed by atoms with E-state index < -0.39 is 0 Å². The van der Waals surface area contributed by atoms with E-state index in [1.807, 2.05) is 98.4 Å². The molecule has 0 radical (unpaired) electrons. The molecule has 0 spiro atoms. The van der Waals surface area contributed by atoms with Gasteiger partial charge in [-0.15, -0.1) is 0 Å². The summed E-state index contributed by atoms with van der Waals surface area (Å²) in [5, 5.41) is 3.94. The minimum atomic E-state index is -0.162. The number of ether oxygens (including phenoxy) is 1. The fraction of sp³-hybridized carbons (Fsp3) is 0.188. The molecular formula is C32H32N6O2. The Bertz CT molecular complexity index is 1640. The van der Waals surface area contributed by atoms with Crippen molar-refractivity contribution in [1.29, 1.82) is 0 Å². The van der Waals surface area contributed by atoms with Crippen LogP contribution < -0.4 is 10.1 Å². The molecule has 2 N–H and O–H groups in total. The standard InChI is InChI=1S/C32H32N6O2/c1-38(2)15-7-11-30(39)37-26-10-6-8-22(16-26)24-17-28-29(21-36-32(28)35-20-24)27-18-31(40-3)34-19-23(27)12-13-25-9-4-5-14-33-25/h4-11,14,16-21H,12-13,15H2,1-3H3,(H,35,36)(H,37,39)/b11-7+. The Morgan fingerprint density at radius 3 is 2.67 bits per heavy atom. The second-order valence-electron chi connectivity index (χ2n) is 9.76. The highest BCUT2D eigenvalue weighted by Crippen LogP contribution is 2.35. The molecule has 0 aliphatic rings. The number of benzene rings is 1. The maximum Gasteiger partial charge on any atom is 0.248 e. The first kappa shape index (κ1) is 26.8. The Labute approximate surface area is 233 Å². The van der Waals surface area contributed by atoms with E-state index in [2.05, 4.69) is 26.3 Å². The zero-order valence-electron chi connectivity index (χ0n) is 22.9. The first-order valence-electron chi connectivity index (χ1n) is 13.1. The van der Waals surface area contributed by atoms with Gasteiger partial charge in [0, 0.05) is 71.4 Å². The van der Waals surface area contributed by atoms with E-state index in [0.29, 0.717) is 12.4 Å². The predicted octanol–water partition coefficient (Wildman–Crippen LogP) is 5.54. The number of aromatic amines is 1. The van der Waals surface area contributed by atoms with Crippen molar-refractivity contribution in [3.63, 3.8) is 0 Å². The summed E-state index contributed by atoms with van der Waals surface area (Å²) in [7, 11) is 5.54. The predicted molar refractivity (Wildman–Crippen MR) is 159 cm³/mol. The molecule has 0 unspecified atom stereocenters. The average Bonchev–Trinajstić information content (AvgIpc) is 3.39. The number of pyridine rings is 3. The number of methoxy groups -OCH3 is 1. The van der Waals surface area contributed by atoms with Crippen molar-refractivity contribution in [1.82, 2.24) is 24.8 Å². The number of likely N-dealkylation sites (N-methyl/N-ethyl adjacent to an activating group) is 1. The molecule has 8 nitrogen and oxygen atoms in total. The number of anilines is 1. The van der Waals surface area contributed by atoms with Crippen molar-refractivity contribution in [3.8, 4) is 28.1 Å². The van der Waals surface area contributed by atoms with Crippen LogP contribution in [0.5, 0.6) is 5.88 Å². The van der Waals surface area contributed by atoms with Gasteiger partial charge in [-0.25, -0.2) is 9.97 Å². The third kappa shape index (κ3) is 6.42. The molecule has 4 aromatic heterocycles. The highest BCUT2D eigenvalue weighted by Gasteiger charge is 2.15. The van der Waals surface area contributed by atoms with Gasteiger partial charge in [-0.1, -0.05) is 24.3 Å². The van der Waals surface area contributed by atoms with Gasteiger partial charge in [0.25, 0.3) is 0 Å². The van der Waals surface area contributed by atoms with Gasteiger partial charge >= 0.3 is 0 Å². The lowest BCUT2D eigenvalue weighted by molar-refractivity contribution is -0.111. The van der Waals surface area contributed by atoms with Crippen molar-refractivity contribution in [2.75, 3.05) is 33.1 Å². The van der Waals surface area contributed by atoms with Gasteiger partial charge in [0.1, 0.15) is 5.65 Å². The Hall–Kier alpha value is -4.82. The second-order valence-corrected chi connectivity index (χ2v) is 9.76. The average molecular weight is 533 g/mol. The maximum absolute atomic E-state index is 12.4. The molecule has 0 bridgehead atoms. The molecule has 40 heavy (non-hydrogen) atoms. The number of hydrogen-bond acceptors (Lipinski definition) is 6. The number of H-pyrrole nitrogens is 1. The molecule has 8 heteroatoms. The van der Waals surface area contributed by atoms with Crippen LogP contribution in [0.1, 0.15) is 11.3 Å². The third-order valence-corrected chi connectivity index (χ3v) is 6.57. The van der Waals surface area contributed by atoms with Gasteiger partial charge in [0.15, 0.2) is 0 Å². The molecule has 4 heterocycles. The highest BCUT2D eigenvalue weighted by molar-refractivity contribution is 6.00. The van der Waals surface area contributed by atoms with Crippen molar-refractivity contribution in [3.05, 3.63) is 103 Å². The van der Waals surface area contributed by atoms with Crippen LogP contribution in [0.2, 0.25) is 0 Å². The molecule has 1 aromatic carbocycles. The number of aryl methyl sites for hydroxylation is 2. The molecule has 0 aliphatic carbocycles. The van der Waals surface area contributed by atoms with E-state index in [4.69, 9.17) is 9.72 Å². The minimum Gasteiger partial charge on any atom is -0.481 e. The molecule has 0 atom stereocenters. The molecule has 0 saturated carbocycles. The summed E-state index contributed by atoms with van der Waals surface area (Å²) in [5.41, 5.74) is 7.62. The van der Waals surface area contributed by atoms with Crippen LogP contribution in [0.4, 0.5) is 5.69 Å². The zero-order valence-corrected chi connectivity index (χ0v) is 22.9. The molecule has 0 fully saturated rings. The number of amides is 1. The lowest BCUT2D eigenvalue weighted by Gasteiger charge is -2.11. The van der Waals surface area contributed by atoms with Crippen LogP contribution >= 0.6 is 0 Å². The summed E-state index contributed by atoms with van der Waals surface area (Å²) in [6, 6.07) is 17.9. The summed E-state index contributed by atoms with van der Waals surface area (Å²) in [4.78, 5) is 31.3. The monoisotopic (exact) mass is 532 g/mol. The molecule has 0 saturated heterocycles. The fourth-order valence-corrected chi connectivity index (χ4v) is 4.55. The Kier molecular flexibility index (Phi) is 8.27. The van der Waals surface area contributed by atoms with Crippen LogP contribution in [0.15, 0.2) is 91.5 Å². The summed E-state index contributed by atoms with van der Waals surface area (Å²) >= 11 is 0. The molecule has 0 aliphatic heterocycles. The first-order valence-corrected chi connectivity index (χ1v) is 13.1. The maximum atomic E-state index is 12.4. The molecule has 1 amide bonds. The number of nitrogens with one attached hydrogen (secondary N) is 2. The molecular weight excluding hydrogens is 500 g/mol. The van der Waals surface area contributed by atoms with Crippen LogP contribution in [0.3, 0.4) is 0 Å². The van der Waals surface area contributed by atoms with Gasteiger partial charge < -0.3 is 19.9 Å². The number of fused-ring (bicyclic) bond motifs is 1. The SMILES string of the molecule is COc1cc(-c2c[nH]c3ncc(-c4cccc(NC(=O)/C=C/CN(C)C)c4)cc23)c(CCc2ccccn2)cn1. The number of carbonyl (C=O) groups excluding carboxylic acids is 1. The Morgan fingerprint density at radius 1 is 0.975 bits per heavy atom. The van der Waals surface area contributed by atoms with Crippen LogP contribution in [-0.4, -0.2) is 58.5 Å². The van der Waals surface area contributed by atoms with Gasteiger partial charge in [-0.2, -0.15) is 0 Å². The van der Waals surface area contributed by atoms with Gasteiger partial charge in [-0.3, -0.25) is 9.78 Å². The van der Waals surface area contributed by atoms with E-state index in [-0.39, 0.29) is 5.91 Å². The van der Waals surface area contributed by atoms with Crippen molar-refractivity contribution in [2.24, 2.45) is 0 Å². The zero-order chi connectivity index (χ0) is 27.9. The number of nitrogens with zero attached hydrogens (tertiary/aromatic N) is 4. The summed E-state index contributed by atoms with van der Waals surface area (Å²) in [5.74, 6) is 0.392. The largest absolute Gasteiger partial charge is 0.481 e. The topological polar surface area (TPSA) is 96.0 Å². The van der Waals surface area contributed by atoms with Crippen molar-refractivity contribution < 1.29 is 9.53 Å². The number of carbonyl (C=O) groups is 1. The summed E-state index contributed by atoms with van der Waals surface area (Å²) in [6.07, 6.45) is 12.5. The van der Waals surface area contributed by atoms with Crippen LogP contribution in [0, 0.1) is 0 Å². The third-order valence-electron chi connectivity index (χ3n) is 6.57. The van der Waals surface area contributed by atoms with Gasteiger partial charge in [0.05, 0.1) is 7.11 Å². The van der Waals surface area contributed by atoms with Crippen LogP contribution in [0.25, 0.3) is 33.3 Å². The van der Waals surface area contributed by atoms with E-state index >= 15 is 0 Å². The fourth-order valence-electron chi connectivity index (χ4n) is 4.55. The lowest BCUT2D eigenvalue weighted by Crippen LogP contribution is -2.12. The van der Waals surface area contributed by atoms with E-state index in [1.165, 1.54) is 0 Å². The van der Waals surface area contributed by atoms with Crippen molar-refractivity contribution >= 4 is 22.6 Å². The van der Waals surface area contributed by atoms with Crippen LogP contribution in [-0.2, 0) is 17.6 Å². The van der Waals surface area contributed by atoms with Crippen molar-refractivity contribution in [2.45, 2.75) is 12.8 Å². The molecule has 5 rings (SSSR count). The number of hydrogen-bond donors (Lipinski definition) is 2. The normalized spacial score (nSPS) is 11.4. The minimum absolute atomic E-state index is 0.162. The highest BCUT2D eigenvalue weighted by atomic mass is 16.5. The van der Waals surface area contributed by atoms with Gasteiger partial charge in [0.2, 0.25) is 11.8 Å². The molecule has 202 valence electrons. The van der Waals surface area contributed by atoms with E-state index in [1.54, 1.807) is 13.2 Å². The Balaban J connectivity index is 1.45. The smallest absolute Gasteiger partial charge is 0.248 e. The number of rotatable bonds is 10. The number of aromatic nitrogens is 4. The summed E-state index contributed by atoms with van der Waals surface area (Å²) < 4.78 is 5.47. The lowest BCUT2D eigenvalue weighted by atomic mass is 9.97. The first-order chi connectivity index (χ1) is 19.5. The van der Waals surface area contributed by atoms with E-state index in [0.717, 1.165) is 63.1 Å². The van der Waals surface area contributed by atoms with Gasteiger partial charge in [-0.05, 0) is 74.0 Å².